The number of allylic oxidation sites excluding steroid dienone is 2. The molecule has 2 aromatic carbocycles. The summed E-state index contributed by atoms with van der Waals surface area (Å²) in [5.41, 5.74) is 3.07. The summed E-state index contributed by atoms with van der Waals surface area (Å²) in [5, 5.41) is 21.8. The Bertz CT molecular complexity index is 1010. The van der Waals surface area contributed by atoms with Crippen molar-refractivity contribution in [1.29, 1.82) is 0 Å². The Hall–Kier alpha value is -3.20. The summed E-state index contributed by atoms with van der Waals surface area (Å²) < 4.78 is 6.18. The van der Waals surface area contributed by atoms with Crippen LogP contribution in [0.1, 0.15) is 56.1 Å². The van der Waals surface area contributed by atoms with E-state index < -0.39 is 11.9 Å². The maximum absolute atomic E-state index is 9.10. The van der Waals surface area contributed by atoms with Crippen molar-refractivity contribution in [2.75, 3.05) is 32.8 Å². The zero-order valence-electron chi connectivity index (χ0n) is 23.4. The molecule has 220 valence electrons. The Kier molecular flexibility index (Phi) is 15.0. The molecule has 2 aliphatic rings. The molecule has 6 N–H and O–H groups in total. The molecule has 2 aromatic rings. The molecule has 40 heavy (non-hydrogen) atoms. The lowest BCUT2D eigenvalue weighted by Crippen LogP contribution is -2.26. The first-order valence-electron chi connectivity index (χ1n) is 14.3. The summed E-state index contributed by atoms with van der Waals surface area (Å²) in [7, 11) is 0. The lowest BCUT2D eigenvalue weighted by atomic mass is 9.72. The maximum Gasteiger partial charge on any atom is 0.414 e. The van der Waals surface area contributed by atoms with E-state index in [9.17, 15) is 0 Å². The third-order valence-electron chi connectivity index (χ3n) is 7.60. The lowest BCUT2D eigenvalue weighted by molar-refractivity contribution is -0.159. The summed E-state index contributed by atoms with van der Waals surface area (Å²) >= 11 is 0. The Labute approximate surface area is 238 Å². The number of nitrogens with one attached hydrogen (secondary N) is 2. The molecule has 1 saturated heterocycles. The number of carboxylic acid groups (broad SMARTS) is 2. The number of benzene rings is 2. The van der Waals surface area contributed by atoms with E-state index in [2.05, 4.69) is 77.4 Å². The summed E-state index contributed by atoms with van der Waals surface area (Å²) in [6, 6.07) is 19.7. The molecule has 2 unspecified atom stereocenters. The molecular weight excluding hydrogens is 508 g/mol. The van der Waals surface area contributed by atoms with Crippen LogP contribution in [0.3, 0.4) is 0 Å². The standard InChI is InChI=1S/C30H42N2O.C2H2O4.H2O/c1-3-8-27(9-4-1)24-30(17-5-2-6-18-30)19-23-33-29-13-11-26(12-14-29)10-7-20-31-21-15-28-16-22-32-25-28;3-1(4)2(5)6;/h1,3-5,8-9,11-14,17,28,31-32H,2,6-7,10,15-16,18-25H2;(H,3,4)(H,5,6);1H2. The minimum absolute atomic E-state index is 0. The molecule has 0 aromatic heterocycles. The van der Waals surface area contributed by atoms with Crippen LogP contribution in [-0.4, -0.2) is 60.4 Å². The first-order chi connectivity index (χ1) is 19.0. The monoisotopic (exact) mass is 554 g/mol. The van der Waals surface area contributed by atoms with Crippen LogP contribution in [0, 0.1) is 11.3 Å². The van der Waals surface area contributed by atoms with Gasteiger partial charge in [-0.05, 0) is 119 Å². The molecule has 0 spiro atoms. The summed E-state index contributed by atoms with van der Waals surface area (Å²) in [4.78, 5) is 18.2. The zero-order chi connectivity index (χ0) is 27.8. The molecule has 1 aliphatic heterocycles. The second-order valence-electron chi connectivity index (χ2n) is 10.7. The van der Waals surface area contributed by atoms with Gasteiger partial charge < -0.3 is 31.1 Å². The molecule has 8 heteroatoms. The molecule has 8 nitrogen and oxygen atoms in total. The molecule has 0 saturated carbocycles. The Balaban J connectivity index is 0.000000723. The van der Waals surface area contributed by atoms with Crippen molar-refractivity contribution in [2.24, 2.45) is 11.3 Å². The highest BCUT2D eigenvalue weighted by Crippen LogP contribution is 2.38. The van der Waals surface area contributed by atoms with Crippen LogP contribution < -0.4 is 15.4 Å². The van der Waals surface area contributed by atoms with E-state index in [4.69, 9.17) is 24.5 Å². The SMILES string of the molecule is C1=CC(CCOc2ccc(CCCNCCC3CCNC3)cc2)(Cc2ccccc2)CCC1.O.O=C(O)C(=O)O. The van der Waals surface area contributed by atoms with E-state index in [0.717, 1.165) is 50.6 Å². The largest absolute Gasteiger partial charge is 0.494 e. The lowest BCUT2D eigenvalue weighted by Gasteiger charge is -2.33. The third-order valence-corrected chi connectivity index (χ3v) is 7.60. The first kappa shape index (κ1) is 33.0. The average Bonchev–Trinajstić information content (AvgIpc) is 3.46. The Morgan fingerprint density at radius 1 is 1.00 bits per heavy atom. The number of hydrogen-bond acceptors (Lipinski definition) is 5. The number of rotatable bonds is 13. The van der Waals surface area contributed by atoms with Gasteiger partial charge in [0.1, 0.15) is 5.75 Å². The molecule has 2 atom stereocenters. The van der Waals surface area contributed by atoms with Crippen LogP contribution in [0.15, 0.2) is 66.7 Å². The predicted molar refractivity (Wildman–Crippen MR) is 158 cm³/mol. The van der Waals surface area contributed by atoms with Gasteiger partial charge in [0, 0.05) is 0 Å². The highest BCUT2D eigenvalue weighted by Gasteiger charge is 2.29. The first-order valence-corrected chi connectivity index (χ1v) is 14.3. The van der Waals surface area contributed by atoms with Crippen molar-refractivity contribution in [1.82, 2.24) is 10.6 Å². The van der Waals surface area contributed by atoms with Crippen molar-refractivity contribution in [3.63, 3.8) is 0 Å². The van der Waals surface area contributed by atoms with Crippen molar-refractivity contribution in [2.45, 2.75) is 57.8 Å². The quantitative estimate of drug-likeness (QED) is 0.165. The minimum Gasteiger partial charge on any atom is -0.494 e. The number of hydrogen-bond donors (Lipinski definition) is 4. The van der Waals surface area contributed by atoms with Gasteiger partial charge in [0.25, 0.3) is 0 Å². The fourth-order valence-electron chi connectivity index (χ4n) is 5.37. The van der Waals surface area contributed by atoms with E-state index in [1.807, 2.05) is 0 Å². The van der Waals surface area contributed by atoms with Crippen molar-refractivity contribution >= 4 is 11.9 Å². The van der Waals surface area contributed by atoms with Crippen molar-refractivity contribution < 1.29 is 30.0 Å². The van der Waals surface area contributed by atoms with Crippen LogP contribution in [0.5, 0.6) is 5.75 Å². The minimum atomic E-state index is -1.82. The molecule has 1 fully saturated rings. The average molecular weight is 555 g/mol. The Morgan fingerprint density at radius 3 is 2.38 bits per heavy atom. The van der Waals surface area contributed by atoms with E-state index in [-0.39, 0.29) is 10.9 Å². The van der Waals surface area contributed by atoms with Gasteiger partial charge in [-0.3, -0.25) is 0 Å². The molecule has 0 bridgehead atoms. The van der Waals surface area contributed by atoms with E-state index in [0.29, 0.717) is 0 Å². The van der Waals surface area contributed by atoms with Crippen LogP contribution in [0.25, 0.3) is 0 Å². The van der Waals surface area contributed by atoms with Gasteiger partial charge >= 0.3 is 11.9 Å². The van der Waals surface area contributed by atoms with E-state index >= 15 is 0 Å². The fraction of sp³-hybridized carbons (Fsp3) is 0.500. The number of carboxylic acids is 2. The molecule has 4 rings (SSSR count). The van der Waals surface area contributed by atoms with Gasteiger partial charge in [0.2, 0.25) is 0 Å². The molecular formula is C32H46N2O6. The van der Waals surface area contributed by atoms with Gasteiger partial charge in [0.15, 0.2) is 0 Å². The van der Waals surface area contributed by atoms with Crippen LogP contribution in [0.4, 0.5) is 0 Å². The van der Waals surface area contributed by atoms with Crippen LogP contribution in [0.2, 0.25) is 0 Å². The van der Waals surface area contributed by atoms with Crippen molar-refractivity contribution in [3.8, 4) is 5.75 Å². The van der Waals surface area contributed by atoms with Gasteiger partial charge in [-0.15, -0.1) is 0 Å². The van der Waals surface area contributed by atoms with Gasteiger partial charge in [0.05, 0.1) is 6.61 Å². The summed E-state index contributed by atoms with van der Waals surface area (Å²) in [6.07, 6.45) is 15.8. The molecule has 1 heterocycles. The van der Waals surface area contributed by atoms with Gasteiger partial charge in [-0.1, -0.05) is 54.6 Å². The second-order valence-corrected chi connectivity index (χ2v) is 10.7. The third kappa shape index (κ3) is 12.3. The van der Waals surface area contributed by atoms with Gasteiger partial charge in [-0.25, -0.2) is 9.59 Å². The number of carbonyl (C=O) groups is 2. The van der Waals surface area contributed by atoms with E-state index in [1.165, 1.54) is 62.7 Å². The second kappa shape index (κ2) is 18.2. The summed E-state index contributed by atoms with van der Waals surface area (Å²) in [5.74, 6) is -1.77. The van der Waals surface area contributed by atoms with Crippen molar-refractivity contribution in [3.05, 3.63) is 77.9 Å². The number of ether oxygens (including phenoxy) is 1. The normalized spacial score (nSPS) is 19.6. The Morgan fingerprint density at radius 2 is 1.75 bits per heavy atom. The zero-order valence-corrected chi connectivity index (χ0v) is 23.4. The highest BCUT2D eigenvalue weighted by molar-refractivity contribution is 6.27. The maximum atomic E-state index is 9.10. The topological polar surface area (TPSA) is 139 Å². The molecule has 0 radical (unpaired) electrons. The predicted octanol–water partition coefficient (Wildman–Crippen LogP) is 4.28. The number of aliphatic carboxylic acids is 2. The summed E-state index contributed by atoms with van der Waals surface area (Å²) in [6.45, 7) is 5.45. The van der Waals surface area contributed by atoms with Gasteiger partial charge in [-0.2, -0.15) is 0 Å². The highest BCUT2D eigenvalue weighted by atomic mass is 16.5. The number of aryl methyl sites for hydroxylation is 1. The van der Waals surface area contributed by atoms with Crippen LogP contribution in [-0.2, 0) is 22.4 Å². The molecule has 1 aliphatic carbocycles. The van der Waals surface area contributed by atoms with Crippen LogP contribution >= 0.6 is 0 Å². The van der Waals surface area contributed by atoms with E-state index in [1.54, 1.807) is 0 Å². The fourth-order valence-corrected chi connectivity index (χ4v) is 5.37. The molecule has 0 amide bonds. The smallest absolute Gasteiger partial charge is 0.414 e.